The van der Waals surface area contributed by atoms with Crippen molar-refractivity contribution in [3.63, 3.8) is 0 Å². The van der Waals surface area contributed by atoms with Gasteiger partial charge < -0.3 is 14.5 Å². The monoisotopic (exact) mass is 334 g/mol. The molecule has 7 heteroatoms. The van der Waals surface area contributed by atoms with E-state index in [9.17, 15) is 9.59 Å². The molecule has 0 radical (unpaired) electrons. The number of nitrogens with zero attached hydrogens (tertiary/aromatic N) is 2. The first-order valence-corrected chi connectivity index (χ1v) is 8.53. The van der Waals surface area contributed by atoms with Gasteiger partial charge in [-0.1, -0.05) is 11.2 Å². The van der Waals surface area contributed by atoms with Gasteiger partial charge in [-0.3, -0.25) is 9.59 Å². The maximum Gasteiger partial charge on any atom is 0.303 e. The number of rotatable bonds is 5. The van der Waals surface area contributed by atoms with E-state index in [2.05, 4.69) is 5.16 Å². The molecule has 1 aliphatic heterocycles. The quantitative estimate of drug-likeness (QED) is 0.908. The van der Waals surface area contributed by atoms with Crippen LogP contribution in [0, 0.1) is 5.92 Å². The average Bonchev–Trinajstić information content (AvgIpc) is 3.23. The predicted molar refractivity (Wildman–Crippen MR) is 85.3 cm³/mol. The van der Waals surface area contributed by atoms with Gasteiger partial charge in [-0.05, 0) is 36.6 Å². The van der Waals surface area contributed by atoms with Crippen LogP contribution in [-0.4, -0.2) is 40.1 Å². The zero-order valence-corrected chi connectivity index (χ0v) is 13.4. The van der Waals surface area contributed by atoms with Crippen molar-refractivity contribution in [1.29, 1.82) is 0 Å². The molecule has 3 rings (SSSR count). The fraction of sp³-hybridized carbons (Fsp3) is 0.438. The molecule has 1 amide bonds. The molecule has 2 aromatic rings. The summed E-state index contributed by atoms with van der Waals surface area (Å²) in [7, 11) is 0. The van der Waals surface area contributed by atoms with Crippen LogP contribution in [-0.2, 0) is 4.79 Å². The third kappa shape index (κ3) is 3.79. The van der Waals surface area contributed by atoms with E-state index >= 15 is 0 Å². The Morgan fingerprint density at radius 1 is 1.48 bits per heavy atom. The molecule has 122 valence electrons. The summed E-state index contributed by atoms with van der Waals surface area (Å²) in [6.45, 7) is 1.27. The van der Waals surface area contributed by atoms with Crippen LogP contribution in [0.15, 0.2) is 28.1 Å². The molecule has 0 aromatic carbocycles. The van der Waals surface area contributed by atoms with Crippen molar-refractivity contribution in [1.82, 2.24) is 10.1 Å². The molecule has 0 aliphatic carbocycles. The number of carboxylic acids is 1. The highest BCUT2D eigenvalue weighted by Gasteiger charge is 2.27. The molecule has 23 heavy (non-hydrogen) atoms. The van der Waals surface area contributed by atoms with E-state index < -0.39 is 5.97 Å². The summed E-state index contributed by atoms with van der Waals surface area (Å²) in [6.07, 6.45) is 2.62. The van der Waals surface area contributed by atoms with Crippen LogP contribution in [0.3, 0.4) is 0 Å². The number of carboxylic acid groups (broad SMARTS) is 1. The molecular weight excluding hydrogens is 316 g/mol. The summed E-state index contributed by atoms with van der Waals surface area (Å²) in [6, 6.07) is 5.51. The molecule has 1 aliphatic rings. The second kappa shape index (κ2) is 6.95. The Labute approximate surface area is 137 Å². The number of aliphatic carboxylic acids is 1. The smallest absolute Gasteiger partial charge is 0.303 e. The minimum absolute atomic E-state index is 0.142. The van der Waals surface area contributed by atoms with Gasteiger partial charge in [-0.2, -0.15) is 0 Å². The van der Waals surface area contributed by atoms with Crippen molar-refractivity contribution in [3.8, 4) is 10.6 Å². The van der Waals surface area contributed by atoms with E-state index in [-0.39, 0.29) is 18.2 Å². The van der Waals surface area contributed by atoms with Crippen LogP contribution in [0.25, 0.3) is 10.6 Å². The highest BCUT2D eigenvalue weighted by Crippen LogP contribution is 2.27. The number of piperidine rings is 1. The first-order valence-electron chi connectivity index (χ1n) is 7.65. The van der Waals surface area contributed by atoms with E-state index in [0.717, 1.165) is 17.7 Å². The lowest BCUT2D eigenvalue weighted by Gasteiger charge is -2.32. The van der Waals surface area contributed by atoms with E-state index in [1.54, 1.807) is 11.0 Å². The van der Waals surface area contributed by atoms with Crippen LogP contribution in [0.2, 0.25) is 0 Å². The zero-order valence-electron chi connectivity index (χ0n) is 12.6. The molecule has 1 unspecified atom stereocenters. The highest BCUT2D eigenvalue weighted by molar-refractivity contribution is 7.13. The Bertz CT molecular complexity index is 680. The van der Waals surface area contributed by atoms with E-state index in [4.69, 9.17) is 9.63 Å². The predicted octanol–water partition coefficient (Wildman–Crippen LogP) is 3.12. The third-order valence-corrected chi connectivity index (χ3v) is 4.95. The van der Waals surface area contributed by atoms with Gasteiger partial charge in [-0.15, -0.1) is 11.3 Å². The van der Waals surface area contributed by atoms with Crippen LogP contribution in [0.4, 0.5) is 0 Å². The fourth-order valence-corrected chi connectivity index (χ4v) is 3.56. The SMILES string of the molecule is O=C(O)CCC1CCCN(C(=O)c2cc(-c3cccs3)on2)C1. The zero-order chi connectivity index (χ0) is 16.2. The molecule has 1 atom stereocenters. The molecule has 1 fully saturated rings. The minimum atomic E-state index is -0.787. The van der Waals surface area contributed by atoms with Gasteiger partial charge in [0.2, 0.25) is 0 Å². The summed E-state index contributed by atoms with van der Waals surface area (Å²) in [5, 5.41) is 14.6. The molecule has 2 aromatic heterocycles. The number of carbonyl (C=O) groups is 2. The second-order valence-electron chi connectivity index (χ2n) is 5.75. The van der Waals surface area contributed by atoms with Crippen LogP contribution < -0.4 is 0 Å². The first kappa shape index (κ1) is 15.7. The standard InChI is InChI=1S/C16H18N2O4S/c19-15(20)6-5-11-3-1-7-18(10-11)16(21)12-9-13(22-17-12)14-4-2-8-23-14/h2,4,8-9,11H,1,3,5-7,10H2,(H,19,20). The average molecular weight is 334 g/mol. The maximum absolute atomic E-state index is 12.6. The van der Waals surface area contributed by atoms with Crippen molar-refractivity contribution >= 4 is 23.2 Å². The lowest BCUT2D eigenvalue weighted by atomic mass is 9.93. The van der Waals surface area contributed by atoms with Crippen molar-refractivity contribution in [2.75, 3.05) is 13.1 Å². The Morgan fingerprint density at radius 3 is 3.09 bits per heavy atom. The number of aromatic nitrogens is 1. The van der Waals surface area contributed by atoms with Gasteiger partial charge in [0.1, 0.15) is 0 Å². The van der Waals surface area contributed by atoms with Gasteiger partial charge in [0, 0.05) is 25.6 Å². The molecular formula is C16H18N2O4S. The Balaban J connectivity index is 1.64. The Morgan fingerprint density at radius 2 is 2.35 bits per heavy atom. The lowest BCUT2D eigenvalue weighted by molar-refractivity contribution is -0.137. The van der Waals surface area contributed by atoms with Crippen LogP contribution in [0.5, 0.6) is 0 Å². The van der Waals surface area contributed by atoms with E-state index in [1.807, 2.05) is 17.5 Å². The van der Waals surface area contributed by atoms with E-state index in [1.165, 1.54) is 11.3 Å². The van der Waals surface area contributed by atoms with Crippen molar-refractivity contribution in [2.45, 2.75) is 25.7 Å². The van der Waals surface area contributed by atoms with Gasteiger partial charge in [0.05, 0.1) is 4.88 Å². The number of likely N-dealkylation sites (tertiary alicyclic amines) is 1. The van der Waals surface area contributed by atoms with Crippen LogP contribution >= 0.6 is 11.3 Å². The van der Waals surface area contributed by atoms with Gasteiger partial charge in [0.25, 0.3) is 5.91 Å². The van der Waals surface area contributed by atoms with Crippen molar-refractivity contribution in [3.05, 3.63) is 29.3 Å². The number of hydrogen-bond donors (Lipinski definition) is 1. The van der Waals surface area contributed by atoms with E-state index in [0.29, 0.717) is 31.0 Å². The van der Waals surface area contributed by atoms with Gasteiger partial charge in [0.15, 0.2) is 11.5 Å². The summed E-state index contributed by atoms with van der Waals surface area (Å²) in [5.74, 6) is -0.0858. The molecule has 0 spiro atoms. The first-order chi connectivity index (χ1) is 11.1. The maximum atomic E-state index is 12.6. The van der Waals surface area contributed by atoms with Crippen LogP contribution in [0.1, 0.15) is 36.2 Å². The van der Waals surface area contributed by atoms with Crippen molar-refractivity contribution < 1.29 is 19.2 Å². The van der Waals surface area contributed by atoms with Gasteiger partial charge in [-0.25, -0.2) is 0 Å². The normalized spacial score (nSPS) is 18.1. The molecule has 1 N–H and O–H groups in total. The number of carbonyl (C=O) groups excluding carboxylic acids is 1. The number of amides is 1. The molecule has 3 heterocycles. The molecule has 0 saturated carbocycles. The lowest BCUT2D eigenvalue weighted by Crippen LogP contribution is -2.40. The molecule has 6 nitrogen and oxygen atoms in total. The fourth-order valence-electron chi connectivity index (χ4n) is 2.89. The summed E-state index contributed by atoms with van der Waals surface area (Å²) in [4.78, 5) is 25.9. The Hall–Kier alpha value is -2.15. The largest absolute Gasteiger partial charge is 0.481 e. The minimum Gasteiger partial charge on any atom is -0.481 e. The second-order valence-corrected chi connectivity index (χ2v) is 6.69. The summed E-state index contributed by atoms with van der Waals surface area (Å²) in [5.41, 5.74) is 0.312. The summed E-state index contributed by atoms with van der Waals surface area (Å²) < 4.78 is 5.26. The molecule has 0 bridgehead atoms. The topological polar surface area (TPSA) is 83.6 Å². The van der Waals surface area contributed by atoms with Crippen molar-refractivity contribution in [2.24, 2.45) is 5.92 Å². The Kier molecular flexibility index (Phi) is 4.76. The highest BCUT2D eigenvalue weighted by atomic mass is 32.1. The molecule has 1 saturated heterocycles. The van der Waals surface area contributed by atoms with Gasteiger partial charge >= 0.3 is 5.97 Å². The number of hydrogen-bond acceptors (Lipinski definition) is 5. The summed E-state index contributed by atoms with van der Waals surface area (Å²) >= 11 is 1.53. The third-order valence-electron chi connectivity index (χ3n) is 4.07. The number of thiophene rings is 1.